The number of furan rings is 1. The largest absolute Gasteiger partial charge is 0.456 e. The van der Waals surface area contributed by atoms with Gasteiger partial charge in [0.1, 0.15) is 11.2 Å². The molecule has 0 bridgehead atoms. The average molecular weight is 374 g/mol. The van der Waals surface area contributed by atoms with E-state index in [-0.39, 0.29) is 11.0 Å². The maximum atomic E-state index is 12.3. The van der Waals surface area contributed by atoms with Crippen LogP contribution in [0.5, 0.6) is 0 Å². The normalized spacial score (nSPS) is 10.9. The van der Waals surface area contributed by atoms with Crippen LogP contribution in [0.1, 0.15) is 22.8 Å². The molecule has 1 amide bonds. The molecule has 1 aromatic heterocycles. The number of aryl methyl sites for hydroxylation is 1. The van der Waals surface area contributed by atoms with Crippen LogP contribution in [0.25, 0.3) is 21.9 Å². The number of anilines is 1. The van der Waals surface area contributed by atoms with Gasteiger partial charge >= 0.3 is 0 Å². The third-order valence-corrected chi connectivity index (χ3v) is 4.69. The Morgan fingerprint density at radius 3 is 2.48 bits per heavy atom. The molecule has 0 fully saturated rings. The molecular formula is C22H18N2O2S. The Kier molecular flexibility index (Phi) is 4.60. The fraction of sp³-hybridized carbons (Fsp3) is 0.0909. The van der Waals surface area contributed by atoms with Crippen molar-refractivity contribution in [3.8, 4) is 0 Å². The smallest absolute Gasteiger partial charge is 0.257 e. The minimum atomic E-state index is -0.236. The number of carbonyl (C=O) groups is 1. The lowest BCUT2D eigenvalue weighted by Crippen LogP contribution is -2.34. The molecule has 4 aromatic rings. The lowest BCUT2D eigenvalue weighted by Gasteiger charge is -2.10. The van der Waals surface area contributed by atoms with Crippen molar-refractivity contribution in [2.45, 2.75) is 13.3 Å². The minimum Gasteiger partial charge on any atom is -0.456 e. The highest BCUT2D eigenvalue weighted by atomic mass is 32.1. The van der Waals surface area contributed by atoms with Gasteiger partial charge in [-0.3, -0.25) is 10.1 Å². The topological polar surface area (TPSA) is 54.3 Å². The van der Waals surface area contributed by atoms with Crippen LogP contribution in [0.15, 0.2) is 71.1 Å². The monoisotopic (exact) mass is 374 g/mol. The summed E-state index contributed by atoms with van der Waals surface area (Å²) in [6.45, 7) is 2.08. The minimum absolute atomic E-state index is 0.236. The first kappa shape index (κ1) is 17.2. The van der Waals surface area contributed by atoms with Crippen molar-refractivity contribution in [2.75, 3.05) is 5.32 Å². The summed E-state index contributed by atoms with van der Waals surface area (Å²) in [5.74, 6) is -0.236. The molecule has 0 spiro atoms. The van der Waals surface area contributed by atoms with Gasteiger partial charge in [0.25, 0.3) is 5.91 Å². The number of nitrogens with one attached hydrogen (secondary N) is 2. The number of hydrogen-bond acceptors (Lipinski definition) is 3. The fourth-order valence-corrected chi connectivity index (χ4v) is 3.24. The van der Waals surface area contributed by atoms with Gasteiger partial charge in [-0.1, -0.05) is 37.3 Å². The first-order chi connectivity index (χ1) is 13.1. The van der Waals surface area contributed by atoms with Crippen molar-refractivity contribution in [1.82, 2.24) is 5.32 Å². The standard InChI is InChI=1S/C22H18N2O2S/c1-2-14-7-9-15(10-8-14)21(25)24-22(27)23-16-11-12-18-17-5-3-4-6-19(17)26-20(18)13-16/h3-13H,2H2,1H3,(H2,23,24,25,27). The number of para-hydroxylation sites is 1. The first-order valence-electron chi connectivity index (χ1n) is 8.76. The Morgan fingerprint density at radius 1 is 0.963 bits per heavy atom. The maximum absolute atomic E-state index is 12.3. The van der Waals surface area contributed by atoms with E-state index in [0.29, 0.717) is 5.56 Å². The van der Waals surface area contributed by atoms with Crippen molar-refractivity contribution in [1.29, 1.82) is 0 Å². The van der Waals surface area contributed by atoms with Gasteiger partial charge < -0.3 is 9.73 Å². The number of benzene rings is 3. The van der Waals surface area contributed by atoms with Crippen molar-refractivity contribution in [2.24, 2.45) is 0 Å². The molecule has 0 radical (unpaired) electrons. The van der Waals surface area contributed by atoms with Crippen molar-refractivity contribution < 1.29 is 9.21 Å². The van der Waals surface area contributed by atoms with Crippen LogP contribution in [-0.2, 0) is 6.42 Å². The number of amides is 1. The molecule has 4 rings (SSSR count). The van der Waals surface area contributed by atoms with Gasteiger partial charge in [0, 0.05) is 28.1 Å². The molecule has 3 aromatic carbocycles. The highest BCUT2D eigenvalue weighted by Crippen LogP contribution is 2.30. The molecule has 0 aliphatic heterocycles. The number of fused-ring (bicyclic) bond motifs is 3. The first-order valence-corrected chi connectivity index (χ1v) is 9.17. The molecule has 0 saturated carbocycles. The lowest BCUT2D eigenvalue weighted by atomic mass is 10.1. The van der Waals surface area contributed by atoms with Crippen LogP contribution >= 0.6 is 12.2 Å². The molecule has 27 heavy (non-hydrogen) atoms. The lowest BCUT2D eigenvalue weighted by molar-refractivity contribution is 0.0977. The van der Waals surface area contributed by atoms with Gasteiger partial charge in [-0.2, -0.15) is 0 Å². The molecule has 2 N–H and O–H groups in total. The van der Waals surface area contributed by atoms with E-state index in [1.807, 2.05) is 54.6 Å². The predicted octanol–water partition coefficient (Wildman–Crippen LogP) is 5.28. The van der Waals surface area contributed by atoms with Crippen LogP contribution in [0.3, 0.4) is 0 Å². The molecule has 0 atom stereocenters. The molecule has 1 heterocycles. The SMILES string of the molecule is CCc1ccc(C(=O)NC(=S)Nc2ccc3c(c2)oc2ccccc23)cc1. The molecule has 4 nitrogen and oxygen atoms in total. The van der Waals surface area contributed by atoms with Crippen LogP contribution in [-0.4, -0.2) is 11.0 Å². The zero-order chi connectivity index (χ0) is 18.8. The van der Waals surface area contributed by atoms with Gasteiger partial charge in [-0.15, -0.1) is 0 Å². The molecule has 0 aliphatic carbocycles. The Bertz CT molecular complexity index is 1150. The zero-order valence-electron chi connectivity index (χ0n) is 14.8. The second-order valence-corrected chi connectivity index (χ2v) is 6.68. The van der Waals surface area contributed by atoms with E-state index in [0.717, 1.165) is 34.0 Å². The summed E-state index contributed by atoms with van der Waals surface area (Å²) >= 11 is 5.27. The van der Waals surface area contributed by atoms with Crippen LogP contribution in [0, 0.1) is 0 Å². The molecule has 0 unspecified atom stereocenters. The predicted molar refractivity (Wildman–Crippen MR) is 113 cm³/mol. The molecular weight excluding hydrogens is 356 g/mol. The van der Waals surface area contributed by atoms with E-state index in [1.54, 1.807) is 12.1 Å². The van der Waals surface area contributed by atoms with Gasteiger partial charge in [-0.25, -0.2) is 0 Å². The third-order valence-electron chi connectivity index (χ3n) is 4.49. The highest BCUT2D eigenvalue weighted by molar-refractivity contribution is 7.80. The molecule has 134 valence electrons. The van der Waals surface area contributed by atoms with Gasteiger partial charge in [0.2, 0.25) is 0 Å². The zero-order valence-corrected chi connectivity index (χ0v) is 15.6. The van der Waals surface area contributed by atoms with Crippen LogP contribution in [0.4, 0.5) is 5.69 Å². The highest BCUT2D eigenvalue weighted by Gasteiger charge is 2.10. The molecule has 0 aliphatic rings. The number of carbonyl (C=O) groups excluding carboxylic acids is 1. The molecule has 5 heteroatoms. The van der Waals surface area contributed by atoms with E-state index in [9.17, 15) is 4.79 Å². The van der Waals surface area contributed by atoms with E-state index >= 15 is 0 Å². The summed E-state index contributed by atoms with van der Waals surface area (Å²) in [4.78, 5) is 12.3. The number of rotatable bonds is 3. The van der Waals surface area contributed by atoms with E-state index in [4.69, 9.17) is 16.6 Å². The number of thiocarbonyl (C=S) groups is 1. The van der Waals surface area contributed by atoms with Crippen molar-refractivity contribution >= 4 is 50.9 Å². The Labute approximate surface area is 162 Å². The Hall–Kier alpha value is -3.18. The van der Waals surface area contributed by atoms with Crippen LogP contribution in [0.2, 0.25) is 0 Å². The van der Waals surface area contributed by atoms with Crippen molar-refractivity contribution in [3.05, 3.63) is 77.9 Å². The van der Waals surface area contributed by atoms with E-state index in [1.165, 1.54) is 5.56 Å². The van der Waals surface area contributed by atoms with E-state index < -0.39 is 0 Å². The quantitative estimate of drug-likeness (QED) is 0.479. The molecule has 0 saturated heterocycles. The Morgan fingerprint density at radius 2 is 1.70 bits per heavy atom. The fourth-order valence-electron chi connectivity index (χ4n) is 3.03. The van der Waals surface area contributed by atoms with Crippen molar-refractivity contribution in [3.63, 3.8) is 0 Å². The summed E-state index contributed by atoms with van der Waals surface area (Å²) < 4.78 is 5.88. The van der Waals surface area contributed by atoms with Gasteiger partial charge in [0.05, 0.1) is 0 Å². The van der Waals surface area contributed by atoms with E-state index in [2.05, 4.69) is 17.6 Å². The second kappa shape index (κ2) is 7.21. The van der Waals surface area contributed by atoms with Crippen LogP contribution < -0.4 is 10.6 Å². The average Bonchev–Trinajstić information content (AvgIpc) is 3.05. The summed E-state index contributed by atoms with van der Waals surface area (Å²) in [6.07, 6.45) is 0.937. The van der Waals surface area contributed by atoms with Gasteiger partial charge in [-0.05, 0) is 54.5 Å². The van der Waals surface area contributed by atoms with Gasteiger partial charge in [0.15, 0.2) is 5.11 Å². The summed E-state index contributed by atoms with van der Waals surface area (Å²) in [6, 6.07) is 21.2. The maximum Gasteiger partial charge on any atom is 0.257 e. The summed E-state index contributed by atoms with van der Waals surface area (Å²) in [5, 5.41) is 8.11. The summed E-state index contributed by atoms with van der Waals surface area (Å²) in [5.41, 5.74) is 4.13. The number of hydrogen-bond donors (Lipinski definition) is 2. The Balaban J connectivity index is 1.48. The third kappa shape index (κ3) is 3.55. The second-order valence-electron chi connectivity index (χ2n) is 6.27. The summed E-state index contributed by atoms with van der Waals surface area (Å²) in [7, 11) is 0.